The Kier molecular flexibility index (Phi) is 4.43. The average molecular weight is 425 g/mol. The highest BCUT2D eigenvalue weighted by atomic mass is 16.1. The van der Waals surface area contributed by atoms with Crippen molar-refractivity contribution in [3.05, 3.63) is 66.3 Å². The number of aromatic amines is 2. The van der Waals surface area contributed by atoms with Crippen LogP contribution in [0.25, 0.3) is 33.2 Å². The number of allylic oxidation sites excluding steroid dienone is 4. The number of aromatic nitrogens is 4. The number of nitrogens with one attached hydrogen (secondary N) is 2. The molecule has 3 aromatic heterocycles. The highest BCUT2D eigenvalue weighted by Crippen LogP contribution is 2.32. The molecule has 32 heavy (non-hydrogen) atoms. The molecule has 0 unspecified atom stereocenters. The number of H-pyrrole nitrogens is 2. The lowest BCUT2D eigenvalue weighted by molar-refractivity contribution is -0.113. The molecule has 0 bridgehead atoms. The Balaban J connectivity index is 1.36. The topological polar surface area (TPSA) is 80.9 Å². The van der Waals surface area contributed by atoms with E-state index in [4.69, 9.17) is 4.98 Å². The molecule has 1 aliphatic carbocycles. The molecule has 1 aliphatic heterocycles. The zero-order valence-corrected chi connectivity index (χ0v) is 17.9. The Hall–Kier alpha value is -3.71. The first-order valence-corrected chi connectivity index (χ1v) is 11.0. The van der Waals surface area contributed by atoms with Crippen LogP contribution in [0.4, 0.5) is 5.69 Å². The van der Waals surface area contributed by atoms with Crippen LogP contribution in [0.2, 0.25) is 0 Å². The molecule has 7 nitrogen and oxygen atoms in total. The number of fused-ring (bicyclic) bond motifs is 2. The summed E-state index contributed by atoms with van der Waals surface area (Å²) >= 11 is 0. The number of anilines is 1. The normalized spacial score (nSPS) is 17.8. The second kappa shape index (κ2) is 7.46. The fourth-order valence-electron chi connectivity index (χ4n) is 4.59. The summed E-state index contributed by atoms with van der Waals surface area (Å²) in [6, 6.07) is 10.3. The minimum Gasteiger partial charge on any atom is -0.369 e. The van der Waals surface area contributed by atoms with E-state index in [-0.39, 0.29) is 5.78 Å². The van der Waals surface area contributed by atoms with Crippen LogP contribution < -0.4 is 4.90 Å². The van der Waals surface area contributed by atoms with E-state index in [0.29, 0.717) is 17.8 Å². The molecular formula is C25H24N6O. The van der Waals surface area contributed by atoms with Gasteiger partial charge in [-0.05, 0) is 54.6 Å². The Labute approximate surface area is 185 Å². The lowest BCUT2D eigenvalue weighted by Crippen LogP contribution is -2.44. The van der Waals surface area contributed by atoms with Crippen molar-refractivity contribution in [1.82, 2.24) is 24.8 Å². The minimum absolute atomic E-state index is 0.0754. The maximum absolute atomic E-state index is 12.8. The first-order valence-electron chi connectivity index (χ1n) is 11.0. The predicted octanol–water partition coefficient (Wildman–Crippen LogP) is 3.63. The molecule has 1 aromatic carbocycles. The highest BCUT2D eigenvalue weighted by molar-refractivity contribution is 6.24. The molecule has 6 rings (SSSR count). The quantitative estimate of drug-likeness (QED) is 0.525. The van der Waals surface area contributed by atoms with Crippen molar-refractivity contribution in [1.29, 1.82) is 0 Å². The van der Waals surface area contributed by atoms with Crippen molar-refractivity contribution in [2.45, 2.75) is 6.42 Å². The number of nitrogens with zero attached hydrogens (tertiary/aromatic N) is 4. The van der Waals surface area contributed by atoms with Gasteiger partial charge in [0.05, 0.1) is 16.6 Å². The van der Waals surface area contributed by atoms with Crippen LogP contribution in [-0.2, 0) is 4.79 Å². The number of ketones is 1. The van der Waals surface area contributed by atoms with E-state index in [1.807, 2.05) is 36.5 Å². The van der Waals surface area contributed by atoms with Crippen molar-refractivity contribution in [3.63, 3.8) is 0 Å². The number of carbonyl (C=O) groups excluding carboxylic acids is 1. The largest absolute Gasteiger partial charge is 0.369 e. The van der Waals surface area contributed by atoms with E-state index < -0.39 is 0 Å². The van der Waals surface area contributed by atoms with Crippen LogP contribution in [-0.4, -0.2) is 63.8 Å². The van der Waals surface area contributed by atoms with Gasteiger partial charge in [0.15, 0.2) is 5.78 Å². The second-order valence-corrected chi connectivity index (χ2v) is 8.52. The lowest BCUT2D eigenvalue weighted by Gasteiger charge is -2.34. The van der Waals surface area contributed by atoms with Gasteiger partial charge in [0.25, 0.3) is 0 Å². The summed E-state index contributed by atoms with van der Waals surface area (Å²) < 4.78 is 0. The number of imidazole rings is 1. The SMILES string of the molecule is CN1CCN(c2ccc3nc(C4=CC(c5ccnc6[nH]ccc56)=CCC4=O)[nH]c3c2)CC1. The molecule has 160 valence electrons. The smallest absolute Gasteiger partial charge is 0.170 e. The summed E-state index contributed by atoms with van der Waals surface area (Å²) in [6.07, 6.45) is 7.98. The second-order valence-electron chi connectivity index (χ2n) is 8.52. The van der Waals surface area contributed by atoms with Crippen LogP contribution in [0, 0.1) is 0 Å². The minimum atomic E-state index is 0.0754. The highest BCUT2D eigenvalue weighted by Gasteiger charge is 2.22. The van der Waals surface area contributed by atoms with E-state index in [0.717, 1.165) is 59.4 Å². The van der Waals surface area contributed by atoms with Gasteiger partial charge in [0.2, 0.25) is 0 Å². The third-order valence-electron chi connectivity index (χ3n) is 6.47. The van der Waals surface area contributed by atoms with Crippen LogP contribution in [0.1, 0.15) is 17.8 Å². The van der Waals surface area contributed by atoms with E-state index >= 15 is 0 Å². The summed E-state index contributed by atoms with van der Waals surface area (Å²) in [4.78, 5) is 33.2. The molecule has 7 heteroatoms. The first-order chi connectivity index (χ1) is 15.7. The predicted molar refractivity (Wildman–Crippen MR) is 127 cm³/mol. The van der Waals surface area contributed by atoms with Crippen LogP contribution in [0.5, 0.6) is 0 Å². The van der Waals surface area contributed by atoms with E-state index in [9.17, 15) is 4.79 Å². The lowest BCUT2D eigenvalue weighted by atomic mass is 9.92. The van der Waals surface area contributed by atoms with Gasteiger partial charge in [-0.2, -0.15) is 0 Å². The number of piperazine rings is 1. The summed E-state index contributed by atoms with van der Waals surface area (Å²) in [7, 11) is 2.16. The zero-order chi connectivity index (χ0) is 21.7. The van der Waals surface area contributed by atoms with Crippen LogP contribution in [0.15, 0.2) is 54.9 Å². The van der Waals surface area contributed by atoms with Gasteiger partial charge in [0.1, 0.15) is 11.5 Å². The number of Topliss-reactive ketones (excluding diaryl/α,β-unsaturated/α-hetero) is 1. The number of carbonyl (C=O) groups is 1. The van der Waals surface area contributed by atoms with E-state index in [1.165, 1.54) is 5.69 Å². The number of benzene rings is 1. The third-order valence-corrected chi connectivity index (χ3v) is 6.47. The molecule has 0 amide bonds. The molecule has 4 aromatic rings. The van der Waals surface area contributed by atoms with Crippen LogP contribution >= 0.6 is 0 Å². The van der Waals surface area contributed by atoms with Gasteiger partial charge in [-0.15, -0.1) is 0 Å². The van der Waals surface area contributed by atoms with Gasteiger partial charge in [-0.3, -0.25) is 4.79 Å². The third kappa shape index (κ3) is 3.22. The maximum atomic E-state index is 12.8. The Bertz CT molecular complexity index is 1400. The molecule has 1 fully saturated rings. The number of likely N-dealkylation sites (N-methyl/N-ethyl adjacent to an activating group) is 1. The standard InChI is InChI=1S/C25H24N6O/c1-30-10-12-31(13-11-30)17-3-4-21-22(15-17)29-25(28-21)20-14-16(2-5-23(20)32)18-6-8-26-24-19(18)7-9-27-24/h2-4,6-9,14-15H,5,10-13H2,1H3,(H,26,27)(H,28,29). The Morgan fingerprint density at radius 3 is 2.81 bits per heavy atom. The molecule has 4 heterocycles. The molecule has 1 saturated heterocycles. The van der Waals surface area contributed by atoms with Gasteiger partial charge in [0, 0.05) is 56.1 Å². The van der Waals surface area contributed by atoms with E-state index in [2.05, 4.69) is 43.9 Å². The molecule has 0 atom stereocenters. The molecule has 0 radical (unpaired) electrons. The number of pyridine rings is 1. The summed E-state index contributed by atoms with van der Waals surface area (Å²) in [5, 5.41) is 1.05. The van der Waals surface area contributed by atoms with Crippen molar-refractivity contribution >= 4 is 44.7 Å². The van der Waals surface area contributed by atoms with Crippen molar-refractivity contribution in [2.75, 3.05) is 38.1 Å². The molecule has 2 N–H and O–H groups in total. The van der Waals surface area contributed by atoms with Gasteiger partial charge < -0.3 is 19.8 Å². The van der Waals surface area contributed by atoms with Crippen LogP contribution in [0.3, 0.4) is 0 Å². The molecular weight excluding hydrogens is 400 g/mol. The van der Waals surface area contributed by atoms with Gasteiger partial charge in [-0.1, -0.05) is 6.08 Å². The Morgan fingerprint density at radius 2 is 1.94 bits per heavy atom. The first kappa shape index (κ1) is 19.0. The fourth-order valence-corrected chi connectivity index (χ4v) is 4.59. The number of hydrogen-bond acceptors (Lipinski definition) is 5. The van der Waals surface area contributed by atoms with Gasteiger partial charge in [-0.25, -0.2) is 9.97 Å². The van der Waals surface area contributed by atoms with Gasteiger partial charge >= 0.3 is 0 Å². The van der Waals surface area contributed by atoms with E-state index in [1.54, 1.807) is 6.20 Å². The monoisotopic (exact) mass is 424 g/mol. The molecule has 0 saturated carbocycles. The maximum Gasteiger partial charge on any atom is 0.170 e. The molecule has 2 aliphatic rings. The molecule has 0 spiro atoms. The van der Waals surface area contributed by atoms with Crippen molar-refractivity contribution in [2.24, 2.45) is 0 Å². The number of hydrogen-bond donors (Lipinski definition) is 2. The van der Waals surface area contributed by atoms with Crippen molar-refractivity contribution < 1.29 is 4.79 Å². The summed E-state index contributed by atoms with van der Waals surface area (Å²) in [6.45, 7) is 4.15. The Morgan fingerprint density at radius 1 is 1.06 bits per heavy atom. The summed E-state index contributed by atoms with van der Waals surface area (Å²) in [5.74, 6) is 0.706. The average Bonchev–Trinajstić information content (AvgIpc) is 3.46. The summed E-state index contributed by atoms with van der Waals surface area (Å²) in [5.41, 5.74) is 6.57. The zero-order valence-electron chi connectivity index (χ0n) is 17.9. The fraction of sp³-hybridized carbons (Fsp3) is 0.240. The number of rotatable bonds is 3. The van der Waals surface area contributed by atoms with Crippen molar-refractivity contribution in [3.8, 4) is 0 Å².